The lowest BCUT2D eigenvalue weighted by atomic mass is 10.0. The van der Waals surface area contributed by atoms with Gasteiger partial charge < -0.3 is 15.8 Å². The second-order valence-electron chi connectivity index (χ2n) is 6.39. The maximum Gasteiger partial charge on any atom is 0.253 e. The van der Waals surface area contributed by atoms with Crippen LogP contribution in [0.2, 0.25) is 10.0 Å². The van der Waals surface area contributed by atoms with Gasteiger partial charge in [-0.25, -0.2) is 0 Å². The number of ether oxygens (including phenoxy) is 1. The first-order chi connectivity index (χ1) is 13.0. The molecule has 0 aliphatic carbocycles. The smallest absolute Gasteiger partial charge is 0.253 e. The van der Waals surface area contributed by atoms with Crippen molar-refractivity contribution in [2.45, 2.75) is 13.0 Å². The molecule has 0 bridgehead atoms. The molecule has 7 heteroatoms. The largest absolute Gasteiger partial charge is 0.497 e. The van der Waals surface area contributed by atoms with Crippen molar-refractivity contribution in [3.05, 3.63) is 69.3 Å². The number of anilines is 1. The van der Waals surface area contributed by atoms with Gasteiger partial charge in [-0.2, -0.15) is 0 Å². The lowest BCUT2D eigenvalue weighted by Gasteiger charge is -2.29. The average molecular weight is 406 g/mol. The van der Waals surface area contributed by atoms with Crippen LogP contribution in [0.1, 0.15) is 12.0 Å². The Morgan fingerprint density at radius 2 is 2.07 bits per heavy atom. The number of rotatable bonds is 5. The summed E-state index contributed by atoms with van der Waals surface area (Å²) in [7, 11) is 1.59. The van der Waals surface area contributed by atoms with Crippen LogP contribution in [0.4, 0.5) is 5.69 Å². The van der Waals surface area contributed by atoms with E-state index in [9.17, 15) is 4.79 Å². The van der Waals surface area contributed by atoms with Gasteiger partial charge in [-0.3, -0.25) is 9.69 Å². The molecule has 27 heavy (non-hydrogen) atoms. The second-order valence-corrected chi connectivity index (χ2v) is 7.23. The summed E-state index contributed by atoms with van der Waals surface area (Å²) >= 11 is 12.2. The van der Waals surface area contributed by atoms with Gasteiger partial charge in [0.25, 0.3) is 5.91 Å². The number of methoxy groups -OCH3 is 1. The fourth-order valence-corrected chi connectivity index (χ4v) is 3.51. The first kappa shape index (κ1) is 19.5. The van der Waals surface area contributed by atoms with Gasteiger partial charge in [-0.15, -0.1) is 0 Å². The maximum absolute atomic E-state index is 12.6. The lowest BCUT2D eigenvalue weighted by Crippen LogP contribution is -2.36. The summed E-state index contributed by atoms with van der Waals surface area (Å²) in [5.41, 5.74) is 9.05. The molecule has 1 aliphatic rings. The molecule has 1 amide bonds. The van der Waals surface area contributed by atoms with Crippen LogP contribution in [-0.4, -0.2) is 31.0 Å². The van der Waals surface area contributed by atoms with Crippen molar-refractivity contribution < 1.29 is 9.53 Å². The summed E-state index contributed by atoms with van der Waals surface area (Å²) in [5, 5.41) is 4.13. The number of nitrogens with two attached hydrogens (primary N) is 1. The molecule has 1 aliphatic heterocycles. The second kappa shape index (κ2) is 8.65. The van der Waals surface area contributed by atoms with Crippen molar-refractivity contribution >= 4 is 34.8 Å². The normalized spacial score (nSPS) is 14.9. The van der Waals surface area contributed by atoms with E-state index in [1.54, 1.807) is 19.2 Å². The van der Waals surface area contributed by atoms with Crippen LogP contribution in [0, 0.1) is 0 Å². The van der Waals surface area contributed by atoms with Crippen molar-refractivity contribution in [1.29, 1.82) is 0 Å². The van der Waals surface area contributed by atoms with Gasteiger partial charge >= 0.3 is 0 Å². The highest BCUT2D eigenvalue weighted by Crippen LogP contribution is 2.25. The molecule has 3 N–H and O–H groups in total. The third kappa shape index (κ3) is 4.95. The van der Waals surface area contributed by atoms with Crippen LogP contribution >= 0.6 is 23.2 Å². The number of carbonyl (C=O) groups excluding carboxylic acids is 1. The van der Waals surface area contributed by atoms with Crippen LogP contribution < -0.4 is 15.8 Å². The Morgan fingerprint density at radius 1 is 1.26 bits per heavy atom. The predicted molar refractivity (Wildman–Crippen MR) is 109 cm³/mol. The van der Waals surface area contributed by atoms with Gasteiger partial charge in [0.15, 0.2) is 0 Å². The van der Waals surface area contributed by atoms with Crippen LogP contribution in [0.15, 0.2) is 53.7 Å². The zero-order valence-electron chi connectivity index (χ0n) is 15.0. The lowest BCUT2D eigenvalue weighted by molar-refractivity contribution is -0.113. The van der Waals surface area contributed by atoms with Gasteiger partial charge in [-0.05, 0) is 36.2 Å². The number of carbonyl (C=O) groups is 1. The van der Waals surface area contributed by atoms with Crippen LogP contribution in [-0.2, 0) is 11.3 Å². The molecule has 2 aromatic carbocycles. The van der Waals surface area contributed by atoms with Gasteiger partial charge in [-0.1, -0.05) is 35.3 Å². The molecule has 0 saturated carbocycles. The highest BCUT2D eigenvalue weighted by Gasteiger charge is 2.22. The summed E-state index contributed by atoms with van der Waals surface area (Å²) in [4.78, 5) is 14.7. The van der Waals surface area contributed by atoms with E-state index in [2.05, 4.69) is 10.2 Å². The summed E-state index contributed by atoms with van der Waals surface area (Å²) in [6.45, 7) is 1.89. The summed E-state index contributed by atoms with van der Waals surface area (Å²) in [5.74, 6) is 0.509. The Hall–Kier alpha value is -2.21. The van der Waals surface area contributed by atoms with Crippen molar-refractivity contribution in [3.8, 4) is 5.75 Å². The fraction of sp³-hybridized carbons (Fsp3) is 0.250. The molecule has 0 atom stereocenters. The minimum absolute atomic E-state index is 0.176. The van der Waals surface area contributed by atoms with Crippen LogP contribution in [0.25, 0.3) is 0 Å². The molecule has 2 aromatic rings. The number of nitrogens with zero attached hydrogens (tertiary/aromatic N) is 1. The van der Waals surface area contributed by atoms with Crippen molar-refractivity contribution in [1.82, 2.24) is 4.90 Å². The fourth-order valence-electron chi connectivity index (χ4n) is 3.04. The molecular formula is C20H21Cl2N3O2. The van der Waals surface area contributed by atoms with Gasteiger partial charge in [0.2, 0.25) is 0 Å². The molecule has 0 aromatic heterocycles. The third-order valence-electron chi connectivity index (χ3n) is 4.47. The first-order valence-corrected chi connectivity index (χ1v) is 9.31. The summed E-state index contributed by atoms with van der Waals surface area (Å²) in [6, 6.07) is 12.7. The molecule has 142 valence electrons. The highest BCUT2D eigenvalue weighted by atomic mass is 35.5. The molecule has 5 nitrogen and oxygen atoms in total. The van der Waals surface area contributed by atoms with E-state index < -0.39 is 0 Å². The molecule has 0 unspecified atom stereocenters. The monoisotopic (exact) mass is 405 g/mol. The standard InChI is InChI=1S/C20H21Cl2N3O2/c1-27-16-4-2-3-15(10-16)24-20(26)17-7-8-25(12-19(17)23)11-13-5-6-14(21)9-18(13)22/h2-6,9-10H,7-8,11-12,23H2,1H3,(H,24,26). The minimum Gasteiger partial charge on any atom is -0.497 e. The molecule has 1 heterocycles. The number of halogens is 2. The van der Waals surface area contributed by atoms with Crippen LogP contribution in [0.5, 0.6) is 5.75 Å². The number of hydrogen-bond acceptors (Lipinski definition) is 4. The Bertz CT molecular complexity index is 883. The minimum atomic E-state index is -0.176. The molecule has 0 saturated heterocycles. The number of amides is 1. The Balaban J connectivity index is 1.65. The third-order valence-corrected chi connectivity index (χ3v) is 5.06. The van der Waals surface area contributed by atoms with Gasteiger partial charge in [0.1, 0.15) is 5.75 Å². The predicted octanol–water partition coefficient (Wildman–Crippen LogP) is 4.06. The van der Waals surface area contributed by atoms with E-state index in [0.717, 1.165) is 12.1 Å². The summed E-state index contributed by atoms with van der Waals surface area (Å²) < 4.78 is 5.18. The Labute approximate surface area is 168 Å². The Morgan fingerprint density at radius 3 is 2.78 bits per heavy atom. The number of nitrogens with one attached hydrogen (secondary N) is 1. The molecular weight excluding hydrogens is 385 g/mol. The van der Waals surface area contributed by atoms with Crippen molar-refractivity contribution in [3.63, 3.8) is 0 Å². The van der Waals surface area contributed by atoms with E-state index in [1.807, 2.05) is 30.3 Å². The average Bonchev–Trinajstić information content (AvgIpc) is 2.64. The van der Waals surface area contributed by atoms with Gasteiger partial charge in [0, 0.05) is 52.7 Å². The topological polar surface area (TPSA) is 67.6 Å². The van der Waals surface area contributed by atoms with E-state index in [0.29, 0.717) is 52.3 Å². The highest BCUT2D eigenvalue weighted by molar-refractivity contribution is 6.35. The number of benzene rings is 2. The van der Waals surface area contributed by atoms with E-state index in [1.165, 1.54) is 0 Å². The Kier molecular flexibility index (Phi) is 6.26. The van der Waals surface area contributed by atoms with E-state index in [-0.39, 0.29) is 5.91 Å². The summed E-state index contributed by atoms with van der Waals surface area (Å²) in [6.07, 6.45) is 0.576. The van der Waals surface area contributed by atoms with Crippen molar-refractivity contribution in [2.24, 2.45) is 5.73 Å². The van der Waals surface area contributed by atoms with E-state index in [4.69, 9.17) is 33.7 Å². The maximum atomic E-state index is 12.6. The molecule has 3 rings (SSSR count). The SMILES string of the molecule is COc1cccc(NC(=O)C2=C(N)CN(Cc3ccc(Cl)cc3Cl)CC2)c1. The molecule has 0 radical (unpaired) electrons. The first-order valence-electron chi connectivity index (χ1n) is 8.55. The van der Waals surface area contributed by atoms with Crippen molar-refractivity contribution in [2.75, 3.05) is 25.5 Å². The van der Waals surface area contributed by atoms with Crippen LogP contribution in [0.3, 0.4) is 0 Å². The zero-order valence-corrected chi connectivity index (χ0v) is 16.5. The quantitative estimate of drug-likeness (QED) is 0.786. The number of hydrogen-bond donors (Lipinski definition) is 2. The van der Waals surface area contributed by atoms with E-state index >= 15 is 0 Å². The molecule has 0 fully saturated rings. The zero-order chi connectivity index (χ0) is 19.4. The molecule has 0 spiro atoms. The van der Waals surface area contributed by atoms with Gasteiger partial charge in [0.05, 0.1) is 7.11 Å².